The van der Waals surface area contributed by atoms with Gasteiger partial charge in [-0.05, 0) is 32.3 Å². The number of aromatic nitrogens is 2. The maximum Gasteiger partial charge on any atom is 0.352 e. The lowest BCUT2D eigenvalue weighted by Crippen LogP contribution is -2.39. The van der Waals surface area contributed by atoms with Crippen LogP contribution in [0.25, 0.3) is 5.69 Å². The Labute approximate surface area is 134 Å². The Kier molecular flexibility index (Phi) is 4.62. The maximum absolute atomic E-state index is 12.6. The van der Waals surface area contributed by atoms with Crippen LogP contribution < -0.4 is 11.2 Å². The van der Waals surface area contributed by atoms with Crippen molar-refractivity contribution >= 4 is 21.9 Å². The minimum absolute atomic E-state index is 0.0251. The quantitative estimate of drug-likeness (QED) is 0.841. The second-order valence-electron chi connectivity index (χ2n) is 4.95. The van der Waals surface area contributed by atoms with E-state index in [0.717, 1.165) is 4.57 Å². The maximum atomic E-state index is 12.6. The van der Waals surface area contributed by atoms with E-state index in [9.17, 15) is 19.5 Å². The van der Waals surface area contributed by atoms with Crippen LogP contribution in [0.1, 0.15) is 16.1 Å². The van der Waals surface area contributed by atoms with E-state index in [1.165, 1.54) is 0 Å². The minimum Gasteiger partial charge on any atom is -0.477 e. The highest BCUT2D eigenvalue weighted by atomic mass is 79.9. The number of hydrogen-bond donors (Lipinski definition) is 2. The van der Waals surface area contributed by atoms with Crippen LogP contribution in [0.4, 0.5) is 0 Å². The summed E-state index contributed by atoms with van der Waals surface area (Å²) in [4.78, 5) is 39.9. The third-order valence-corrected chi connectivity index (χ3v) is 3.45. The van der Waals surface area contributed by atoms with Gasteiger partial charge in [0.2, 0.25) is 0 Å². The zero-order chi connectivity index (χ0) is 16.4. The molecule has 116 valence electrons. The number of rotatable bonds is 4. The van der Waals surface area contributed by atoms with Gasteiger partial charge in [0.1, 0.15) is 5.69 Å². The Morgan fingerprint density at radius 3 is 2.59 bits per heavy atom. The van der Waals surface area contributed by atoms with Gasteiger partial charge >= 0.3 is 11.7 Å². The van der Waals surface area contributed by atoms with E-state index in [-0.39, 0.29) is 17.8 Å². The van der Waals surface area contributed by atoms with Crippen LogP contribution in [0.15, 0.2) is 38.3 Å². The number of carboxylic acids is 1. The van der Waals surface area contributed by atoms with Gasteiger partial charge in [0.25, 0.3) is 5.56 Å². The highest BCUT2D eigenvalue weighted by molar-refractivity contribution is 9.10. The van der Waals surface area contributed by atoms with Gasteiger partial charge in [0.05, 0.1) is 11.3 Å². The molecule has 0 atom stereocenters. The first kappa shape index (κ1) is 16.2. The van der Waals surface area contributed by atoms with Crippen LogP contribution in [0.2, 0.25) is 0 Å². The molecule has 22 heavy (non-hydrogen) atoms. The van der Waals surface area contributed by atoms with Gasteiger partial charge in [0, 0.05) is 11.0 Å². The summed E-state index contributed by atoms with van der Waals surface area (Å²) in [5.41, 5.74) is -1.43. The molecule has 0 saturated heterocycles. The van der Waals surface area contributed by atoms with Crippen molar-refractivity contribution in [3.05, 3.63) is 60.8 Å². The number of nitrogens with zero attached hydrogens (tertiary/aromatic N) is 2. The topological polar surface area (TPSA) is 95.4 Å². The summed E-state index contributed by atoms with van der Waals surface area (Å²) in [6.45, 7) is 0.102. The standard InChI is InChI=1S/C14H14BrN3O4/c1-17(2)7-10-11(13(20)21)16-14(22)18(12(10)19)9-5-3-4-8(15)6-9/h3-6H,7H2,1-2H3,(H,16,22)(H,20,21). The van der Waals surface area contributed by atoms with Crippen molar-refractivity contribution in [3.8, 4) is 5.69 Å². The van der Waals surface area contributed by atoms with E-state index in [4.69, 9.17) is 0 Å². The molecule has 2 aromatic rings. The summed E-state index contributed by atoms with van der Waals surface area (Å²) < 4.78 is 1.63. The molecular formula is C14H14BrN3O4. The molecule has 0 amide bonds. The Morgan fingerprint density at radius 2 is 2.05 bits per heavy atom. The second kappa shape index (κ2) is 6.29. The number of aromatic carboxylic acids is 1. The SMILES string of the molecule is CN(C)Cc1c(C(=O)O)[nH]c(=O)n(-c2cccc(Br)c2)c1=O. The first-order chi connectivity index (χ1) is 10.3. The Bertz CT molecular complexity index is 839. The van der Waals surface area contributed by atoms with Crippen LogP contribution in [0.3, 0.4) is 0 Å². The first-order valence-corrected chi connectivity index (χ1v) is 7.12. The highest BCUT2D eigenvalue weighted by Crippen LogP contribution is 2.13. The molecule has 2 N–H and O–H groups in total. The second-order valence-corrected chi connectivity index (χ2v) is 5.86. The van der Waals surface area contributed by atoms with Gasteiger partial charge < -0.3 is 15.0 Å². The molecule has 0 unspecified atom stereocenters. The minimum atomic E-state index is -1.34. The van der Waals surface area contributed by atoms with Crippen molar-refractivity contribution in [1.29, 1.82) is 0 Å². The van der Waals surface area contributed by atoms with Crippen molar-refractivity contribution in [2.45, 2.75) is 6.54 Å². The van der Waals surface area contributed by atoms with Gasteiger partial charge in [-0.3, -0.25) is 4.79 Å². The fourth-order valence-corrected chi connectivity index (χ4v) is 2.45. The molecule has 1 aromatic heterocycles. The third kappa shape index (κ3) is 3.18. The molecule has 2 rings (SSSR count). The van der Waals surface area contributed by atoms with Gasteiger partial charge in [-0.1, -0.05) is 22.0 Å². The van der Waals surface area contributed by atoms with E-state index in [1.807, 2.05) is 0 Å². The van der Waals surface area contributed by atoms with Gasteiger partial charge in [0.15, 0.2) is 0 Å². The number of carbonyl (C=O) groups is 1. The van der Waals surface area contributed by atoms with Gasteiger partial charge in [-0.15, -0.1) is 0 Å². The van der Waals surface area contributed by atoms with E-state index in [0.29, 0.717) is 10.2 Å². The largest absolute Gasteiger partial charge is 0.477 e. The number of benzene rings is 1. The summed E-state index contributed by atoms with van der Waals surface area (Å²) in [6, 6.07) is 6.65. The summed E-state index contributed by atoms with van der Waals surface area (Å²) in [7, 11) is 3.42. The van der Waals surface area contributed by atoms with Crippen LogP contribution >= 0.6 is 15.9 Å². The molecule has 0 fully saturated rings. The average molecular weight is 368 g/mol. The van der Waals surface area contributed by atoms with Crippen molar-refractivity contribution in [1.82, 2.24) is 14.5 Å². The fraction of sp³-hybridized carbons (Fsp3) is 0.214. The highest BCUT2D eigenvalue weighted by Gasteiger charge is 2.20. The summed E-state index contributed by atoms with van der Waals surface area (Å²) in [6.07, 6.45) is 0. The van der Waals surface area contributed by atoms with Crippen molar-refractivity contribution in [3.63, 3.8) is 0 Å². The smallest absolute Gasteiger partial charge is 0.352 e. The van der Waals surface area contributed by atoms with Crippen LogP contribution in [-0.4, -0.2) is 39.6 Å². The summed E-state index contributed by atoms with van der Waals surface area (Å²) >= 11 is 3.28. The van der Waals surface area contributed by atoms with Crippen molar-refractivity contribution in [2.24, 2.45) is 0 Å². The molecule has 0 aliphatic rings. The molecule has 0 aliphatic heterocycles. The Hall–Kier alpha value is -2.19. The lowest BCUT2D eigenvalue weighted by Gasteiger charge is -2.13. The predicted octanol–water partition coefficient (Wildman–Crippen LogP) is 1.05. The van der Waals surface area contributed by atoms with Crippen LogP contribution in [0.5, 0.6) is 0 Å². The average Bonchev–Trinajstić information content (AvgIpc) is 2.41. The van der Waals surface area contributed by atoms with E-state index >= 15 is 0 Å². The number of H-pyrrole nitrogens is 1. The molecule has 7 nitrogen and oxygen atoms in total. The van der Waals surface area contributed by atoms with Gasteiger partial charge in [-0.25, -0.2) is 14.2 Å². The third-order valence-electron chi connectivity index (χ3n) is 2.95. The Balaban J connectivity index is 2.79. The molecule has 0 aliphatic carbocycles. The molecule has 0 bridgehead atoms. The zero-order valence-corrected chi connectivity index (χ0v) is 13.5. The van der Waals surface area contributed by atoms with Gasteiger partial charge in [-0.2, -0.15) is 0 Å². The number of nitrogens with one attached hydrogen (secondary N) is 1. The molecule has 1 aromatic carbocycles. The van der Waals surface area contributed by atoms with E-state index in [1.54, 1.807) is 43.3 Å². The van der Waals surface area contributed by atoms with Crippen molar-refractivity contribution < 1.29 is 9.90 Å². The molecule has 1 heterocycles. The van der Waals surface area contributed by atoms with Crippen LogP contribution in [0, 0.1) is 0 Å². The first-order valence-electron chi connectivity index (χ1n) is 6.33. The normalized spacial score (nSPS) is 10.9. The van der Waals surface area contributed by atoms with E-state index < -0.39 is 17.2 Å². The monoisotopic (exact) mass is 367 g/mol. The van der Waals surface area contributed by atoms with Crippen LogP contribution in [-0.2, 0) is 6.54 Å². The molecular weight excluding hydrogens is 354 g/mol. The van der Waals surface area contributed by atoms with E-state index in [2.05, 4.69) is 20.9 Å². The summed E-state index contributed by atoms with van der Waals surface area (Å²) in [5, 5.41) is 9.19. The predicted molar refractivity (Wildman–Crippen MR) is 84.7 cm³/mol. The zero-order valence-electron chi connectivity index (χ0n) is 12.0. The molecule has 0 spiro atoms. The Morgan fingerprint density at radius 1 is 1.36 bits per heavy atom. The lowest BCUT2D eigenvalue weighted by molar-refractivity contribution is 0.0687. The number of aromatic amines is 1. The van der Waals surface area contributed by atoms with Crippen molar-refractivity contribution in [2.75, 3.05) is 14.1 Å². The summed E-state index contributed by atoms with van der Waals surface area (Å²) in [5.74, 6) is -1.34. The molecule has 0 radical (unpaired) electrons. The number of halogens is 1. The molecule has 0 saturated carbocycles. The fourth-order valence-electron chi connectivity index (χ4n) is 2.07. The molecule has 8 heteroatoms. The number of hydrogen-bond acceptors (Lipinski definition) is 4. The number of carboxylic acid groups (broad SMARTS) is 1. The lowest BCUT2D eigenvalue weighted by atomic mass is 10.2.